The van der Waals surface area contributed by atoms with Crippen LogP contribution in [0.25, 0.3) is 17.1 Å². The fourth-order valence-corrected chi connectivity index (χ4v) is 5.00. The molecule has 1 aromatic carbocycles. The maximum atomic E-state index is 10.6. The van der Waals surface area contributed by atoms with Gasteiger partial charge in [0.05, 0.1) is 34.3 Å². The number of hydrogen-bond acceptors (Lipinski definition) is 6. The monoisotopic (exact) mass is 481 g/mol. The summed E-state index contributed by atoms with van der Waals surface area (Å²) in [6.07, 6.45) is 4.67. The van der Waals surface area contributed by atoms with Crippen molar-refractivity contribution in [3.63, 3.8) is 0 Å². The third-order valence-electron chi connectivity index (χ3n) is 6.91. The fourth-order valence-electron chi connectivity index (χ4n) is 5.00. The van der Waals surface area contributed by atoms with Gasteiger partial charge in [0.25, 0.3) is 0 Å². The second-order valence-electron chi connectivity index (χ2n) is 10.3. The highest BCUT2D eigenvalue weighted by atomic mass is 16.3. The lowest BCUT2D eigenvalue weighted by molar-refractivity contribution is 0.0772. The van der Waals surface area contributed by atoms with Gasteiger partial charge >= 0.3 is 0 Å². The van der Waals surface area contributed by atoms with E-state index in [-0.39, 0.29) is 0 Å². The Morgan fingerprint density at radius 2 is 1.81 bits per heavy atom. The number of benzene rings is 1. The molecule has 1 aliphatic rings. The van der Waals surface area contributed by atoms with Crippen LogP contribution in [0.15, 0.2) is 36.7 Å². The van der Waals surface area contributed by atoms with E-state index in [1.165, 1.54) is 12.8 Å². The summed E-state index contributed by atoms with van der Waals surface area (Å²) < 4.78 is 3.92. The molecule has 0 radical (unpaired) electrons. The first-order chi connectivity index (χ1) is 17.2. The van der Waals surface area contributed by atoms with E-state index in [4.69, 9.17) is 10.4 Å². The molecular formula is C28H31N7O. The predicted molar refractivity (Wildman–Crippen MR) is 137 cm³/mol. The Bertz CT molecular complexity index is 1460. The van der Waals surface area contributed by atoms with Crippen LogP contribution in [-0.4, -0.2) is 34.6 Å². The summed E-state index contributed by atoms with van der Waals surface area (Å²) >= 11 is 0. The molecule has 1 aliphatic carbocycles. The molecule has 184 valence electrons. The van der Waals surface area contributed by atoms with Crippen molar-refractivity contribution in [2.24, 2.45) is 5.92 Å². The van der Waals surface area contributed by atoms with Gasteiger partial charge in [0, 0.05) is 41.5 Å². The third kappa shape index (κ3) is 4.54. The summed E-state index contributed by atoms with van der Waals surface area (Å²) in [4.78, 5) is 9.05. The van der Waals surface area contributed by atoms with Crippen LogP contribution in [0.1, 0.15) is 66.2 Å². The lowest BCUT2D eigenvalue weighted by Crippen LogP contribution is -2.18. The smallest absolute Gasteiger partial charge is 0.157 e. The minimum Gasteiger partial charge on any atom is -0.386 e. The molecule has 1 N–H and O–H groups in total. The van der Waals surface area contributed by atoms with Gasteiger partial charge in [-0.25, -0.2) is 14.6 Å². The van der Waals surface area contributed by atoms with Crippen molar-refractivity contribution in [2.45, 2.75) is 66.0 Å². The largest absolute Gasteiger partial charge is 0.386 e. The quantitative estimate of drug-likeness (QED) is 0.415. The Morgan fingerprint density at radius 3 is 2.42 bits per heavy atom. The van der Waals surface area contributed by atoms with Crippen molar-refractivity contribution < 1.29 is 5.11 Å². The van der Waals surface area contributed by atoms with E-state index >= 15 is 0 Å². The topological polar surface area (TPSA) is 105 Å². The second-order valence-corrected chi connectivity index (χ2v) is 10.3. The van der Waals surface area contributed by atoms with Crippen molar-refractivity contribution in [1.29, 1.82) is 5.26 Å². The van der Waals surface area contributed by atoms with Crippen molar-refractivity contribution in [3.8, 4) is 23.1 Å². The van der Waals surface area contributed by atoms with Gasteiger partial charge in [0.15, 0.2) is 5.82 Å². The number of rotatable bonds is 7. The van der Waals surface area contributed by atoms with E-state index in [2.05, 4.69) is 32.7 Å². The minimum atomic E-state index is -0.990. The van der Waals surface area contributed by atoms with Crippen LogP contribution in [0.3, 0.4) is 0 Å². The summed E-state index contributed by atoms with van der Waals surface area (Å²) in [5.74, 6) is 1.35. The van der Waals surface area contributed by atoms with Gasteiger partial charge in [0.2, 0.25) is 0 Å². The first-order valence-corrected chi connectivity index (χ1v) is 12.3. The molecule has 0 bridgehead atoms. The number of nitrogens with zero attached hydrogens (tertiary/aromatic N) is 7. The number of hydrogen-bond donors (Lipinski definition) is 1. The first kappa shape index (κ1) is 23.9. The molecule has 0 unspecified atom stereocenters. The molecule has 0 atom stereocenters. The number of aryl methyl sites for hydroxylation is 1. The Morgan fingerprint density at radius 1 is 1.08 bits per heavy atom. The molecule has 3 heterocycles. The Kier molecular flexibility index (Phi) is 5.97. The molecule has 8 heteroatoms. The molecule has 0 amide bonds. The third-order valence-corrected chi connectivity index (χ3v) is 6.91. The van der Waals surface area contributed by atoms with Gasteiger partial charge < -0.3 is 5.11 Å². The molecule has 4 aromatic rings. The highest BCUT2D eigenvalue weighted by molar-refractivity contribution is 5.65. The van der Waals surface area contributed by atoms with Crippen LogP contribution < -0.4 is 0 Å². The summed E-state index contributed by atoms with van der Waals surface area (Å²) in [6, 6.07) is 11.7. The van der Waals surface area contributed by atoms with Crippen molar-refractivity contribution >= 4 is 0 Å². The van der Waals surface area contributed by atoms with Crippen LogP contribution in [0.2, 0.25) is 0 Å². The van der Waals surface area contributed by atoms with Crippen LogP contribution in [-0.2, 0) is 18.6 Å². The maximum absolute atomic E-state index is 10.6. The van der Waals surface area contributed by atoms with E-state index in [9.17, 15) is 5.11 Å². The number of aromatic nitrogens is 6. The van der Waals surface area contributed by atoms with Crippen molar-refractivity contribution in [3.05, 3.63) is 76.1 Å². The molecule has 1 saturated carbocycles. The number of aliphatic hydroxyl groups is 1. The van der Waals surface area contributed by atoms with Gasteiger partial charge in [-0.05, 0) is 71.1 Å². The average molecular weight is 482 g/mol. The number of nitriles is 1. The van der Waals surface area contributed by atoms with Gasteiger partial charge in [-0.2, -0.15) is 15.5 Å². The fraction of sp³-hybridized carbons (Fsp3) is 0.393. The molecule has 0 saturated heterocycles. The highest BCUT2D eigenvalue weighted by Gasteiger charge is 2.27. The Hall–Kier alpha value is -3.83. The first-order valence-electron chi connectivity index (χ1n) is 12.3. The van der Waals surface area contributed by atoms with E-state index in [0.29, 0.717) is 23.7 Å². The van der Waals surface area contributed by atoms with Crippen molar-refractivity contribution in [2.75, 3.05) is 0 Å². The second kappa shape index (κ2) is 8.99. The van der Waals surface area contributed by atoms with E-state index < -0.39 is 5.60 Å². The standard InChI is InChI=1S/C28H31N7O/c1-17-24(34(15-21-6-7-21)33-27(17)22-10-8-20(14-29)9-11-22)12-23-13-25(31-16-30-23)35-19(3)26(18(2)32-35)28(4,5)36/h8-11,13,16,21,36H,6-7,12,15H2,1-5H3. The Balaban J connectivity index is 1.51. The lowest BCUT2D eigenvalue weighted by atomic mass is 9.96. The molecule has 3 aromatic heterocycles. The SMILES string of the molecule is Cc1nn(-c2cc(Cc3c(C)c(-c4ccc(C#N)cc4)nn3CC3CC3)ncn2)c(C)c1C(C)(C)O. The normalized spacial score (nSPS) is 13.7. The average Bonchev–Trinajstić information content (AvgIpc) is 3.54. The molecule has 36 heavy (non-hydrogen) atoms. The zero-order valence-electron chi connectivity index (χ0n) is 21.4. The summed E-state index contributed by atoms with van der Waals surface area (Å²) in [6.45, 7) is 10.4. The Labute approximate surface area is 211 Å². The molecule has 8 nitrogen and oxygen atoms in total. The van der Waals surface area contributed by atoms with E-state index in [1.807, 2.05) is 44.2 Å². The zero-order chi connectivity index (χ0) is 25.6. The van der Waals surface area contributed by atoms with E-state index in [1.54, 1.807) is 24.9 Å². The van der Waals surface area contributed by atoms with Crippen molar-refractivity contribution in [1.82, 2.24) is 29.5 Å². The highest BCUT2D eigenvalue weighted by Crippen LogP contribution is 2.34. The summed E-state index contributed by atoms with van der Waals surface area (Å²) in [7, 11) is 0. The molecule has 0 aliphatic heterocycles. The van der Waals surface area contributed by atoms with E-state index in [0.717, 1.165) is 51.7 Å². The molecule has 5 rings (SSSR count). The summed E-state index contributed by atoms with van der Waals surface area (Å²) in [5.41, 5.74) is 7.19. The molecular weight excluding hydrogens is 450 g/mol. The molecule has 1 fully saturated rings. The van der Waals surface area contributed by atoms with Crippen LogP contribution in [0.4, 0.5) is 0 Å². The zero-order valence-corrected chi connectivity index (χ0v) is 21.4. The minimum absolute atomic E-state index is 0.620. The van der Waals surface area contributed by atoms with Gasteiger partial charge in [-0.1, -0.05) is 12.1 Å². The van der Waals surface area contributed by atoms with Crippen LogP contribution in [0, 0.1) is 38.0 Å². The van der Waals surface area contributed by atoms with Crippen LogP contribution in [0.5, 0.6) is 0 Å². The molecule has 0 spiro atoms. The van der Waals surface area contributed by atoms with Gasteiger partial charge in [-0.15, -0.1) is 0 Å². The predicted octanol–water partition coefficient (Wildman–Crippen LogP) is 4.55. The van der Waals surface area contributed by atoms with Crippen LogP contribution >= 0.6 is 0 Å². The lowest BCUT2D eigenvalue weighted by Gasteiger charge is -2.18. The summed E-state index contributed by atoms with van der Waals surface area (Å²) in [5, 5.41) is 29.4. The maximum Gasteiger partial charge on any atom is 0.157 e. The van der Waals surface area contributed by atoms with Gasteiger partial charge in [0.1, 0.15) is 6.33 Å². The van der Waals surface area contributed by atoms with Gasteiger partial charge in [-0.3, -0.25) is 4.68 Å².